The van der Waals surface area contributed by atoms with Crippen LogP contribution in [0.3, 0.4) is 0 Å². The van der Waals surface area contributed by atoms with Crippen LogP contribution in [0, 0.1) is 12.7 Å². The summed E-state index contributed by atoms with van der Waals surface area (Å²) in [5.41, 5.74) is 3.55. The molecule has 1 saturated heterocycles. The number of anilines is 3. The maximum atomic E-state index is 14.9. The van der Waals surface area contributed by atoms with Crippen LogP contribution in [0.2, 0.25) is 0 Å². The van der Waals surface area contributed by atoms with Crippen LogP contribution in [0.25, 0.3) is 22.2 Å². The van der Waals surface area contributed by atoms with Crippen molar-refractivity contribution in [2.24, 2.45) is 0 Å². The van der Waals surface area contributed by atoms with E-state index < -0.39 is 20.5 Å². The third-order valence-corrected chi connectivity index (χ3v) is 8.68. The lowest BCUT2D eigenvalue weighted by Gasteiger charge is -2.41. The summed E-state index contributed by atoms with van der Waals surface area (Å²) in [6, 6.07) is 9.75. The van der Waals surface area contributed by atoms with Crippen molar-refractivity contribution >= 4 is 44.0 Å². The van der Waals surface area contributed by atoms with Crippen molar-refractivity contribution in [3.63, 3.8) is 0 Å². The number of hydrogen-bond acceptors (Lipinski definition) is 8. The van der Waals surface area contributed by atoms with Gasteiger partial charge in [-0.1, -0.05) is 18.2 Å². The number of sulfone groups is 1. The second kappa shape index (κ2) is 11.2. The van der Waals surface area contributed by atoms with E-state index in [9.17, 15) is 17.6 Å². The second-order valence-corrected chi connectivity index (χ2v) is 12.7. The smallest absolute Gasteiger partial charge is 0.241 e. The normalized spacial score (nSPS) is 17.5. The number of para-hydroxylation sites is 1. The van der Waals surface area contributed by atoms with Gasteiger partial charge >= 0.3 is 0 Å². The lowest BCUT2D eigenvalue weighted by atomic mass is 10.1. The highest BCUT2D eigenvalue weighted by Crippen LogP contribution is 2.34. The van der Waals surface area contributed by atoms with E-state index in [1.165, 1.54) is 18.2 Å². The highest BCUT2D eigenvalue weighted by molar-refractivity contribution is 7.90. The molecule has 4 aromatic rings. The van der Waals surface area contributed by atoms with Crippen molar-refractivity contribution in [1.82, 2.24) is 24.8 Å². The molecule has 1 amide bonds. The minimum atomic E-state index is -3.75. The van der Waals surface area contributed by atoms with Gasteiger partial charge in [-0.15, -0.1) is 0 Å². The largest absolute Gasteiger partial charge is 0.359 e. The minimum absolute atomic E-state index is 0.0459. The predicted molar refractivity (Wildman–Crippen MR) is 159 cm³/mol. The molecule has 12 heteroatoms. The first kappa shape index (κ1) is 28.7. The first-order valence-electron chi connectivity index (χ1n) is 13.4. The van der Waals surface area contributed by atoms with Gasteiger partial charge in [0, 0.05) is 55.3 Å². The van der Waals surface area contributed by atoms with Gasteiger partial charge in [-0.3, -0.25) is 9.69 Å². The standard InChI is InChI=1S/C29H34FN7O3S/c1-17-14-32-29(34-22-9-7-11-24(25(22)30)41(5,39)40)35-26(17)21-15-31-27-20(21)8-6-10-23(27)33-28(38)19(3)37-13-12-36(4)16-18(37)2/h6-11,14-15,18-19,31H,12-13,16H2,1-5H3,(H,33,38)(H,32,34,35)/t18-,19-/m0/s1. The van der Waals surface area contributed by atoms with Gasteiger partial charge in [0.2, 0.25) is 11.9 Å². The Morgan fingerprint density at radius 2 is 1.90 bits per heavy atom. The number of piperazine rings is 1. The number of rotatable bonds is 7. The number of carbonyl (C=O) groups is 1. The number of H-pyrrole nitrogens is 1. The van der Waals surface area contributed by atoms with E-state index in [1.807, 2.05) is 38.2 Å². The topological polar surface area (TPSA) is 123 Å². The first-order valence-corrected chi connectivity index (χ1v) is 15.3. The van der Waals surface area contributed by atoms with Crippen LogP contribution in [-0.4, -0.2) is 84.1 Å². The lowest BCUT2D eigenvalue weighted by Crippen LogP contribution is -2.56. The van der Waals surface area contributed by atoms with E-state index in [0.717, 1.165) is 47.9 Å². The Morgan fingerprint density at radius 1 is 1.17 bits per heavy atom. The average Bonchev–Trinajstić information content (AvgIpc) is 3.35. The van der Waals surface area contributed by atoms with Gasteiger partial charge in [0.15, 0.2) is 15.7 Å². The summed E-state index contributed by atoms with van der Waals surface area (Å²) in [4.78, 5) is 29.5. The zero-order valence-electron chi connectivity index (χ0n) is 23.7. The lowest BCUT2D eigenvalue weighted by molar-refractivity contribution is -0.122. The highest BCUT2D eigenvalue weighted by atomic mass is 32.2. The molecule has 0 spiro atoms. The number of halogens is 1. The van der Waals surface area contributed by atoms with Crippen molar-refractivity contribution in [1.29, 1.82) is 0 Å². The number of benzene rings is 2. The molecule has 0 radical (unpaired) electrons. The van der Waals surface area contributed by atoms with Crippen LogP contribution >= 0.6 is 0 Å². The van der Waals surface area contributed by atoms with Crippen LogP contribution in [0.4, 0.5) is 21.7 Å². The molecule has 2 aromatic carbocycles. The molecule has 3 N–H and O–H groups in total. The number of aromatic amines is 1. The zero-order chi connectivity index (χ0) is 29.5. The fourth-order valence-electron chi connectivity index (χ4n) is 5.36. The summed E-state index contributed by atoms with van der Waals surface area (Å²) in [5, 5.41) is 6.76. The van der Waals surface area contributed by atoms with Crippen LogP contribution in [0.5, 0.6) is 0 Å². The Balaban J connectivity index is 1.42. The fourth-order valence-corrected chi connectivity index (χ4v) is 6.12. The molecule has 0 aliphatic carbocycles. The molecule has 5 rings (SSSR count). The number of hydrogen-bond donors (Lipinski definition) is 3. The molecule has 3 heterocycles. The number of fused-ring (bicyclic) bond motifs is 1. The summed E-state index contributed by atoms with van der Waals surface area (Å²) in [7, 11) is -1.65. The SMILES string of the molecule is Cc1cnc(Nc2cccc(S(C)(=O)=O)c2F)nc1-c1c[nH]c2c(NC(=O)[C@H](C)N3CCN(C)C[C@@H]3C)cccc12. The first-order chi connectivity index (χ1) is 19.4. The Hall–Kier alpha value is -3.87. The van der Waals surface area contributed by atoms with Gasteiger partial charge in [0.05, 0.1) is 28.6 Å². The predicted octanol–water partition coefficient (Wildman–Crippen LogP) is 4.18. The number of aryl methyl sites for hydroxylation is 1. The third-order valence-electron chi connectivity index (χ3n) is 7.57. The summed E-state index contributed by atoms with van der Waals surface area (Å²) in [6.45, 7) is 8.61. The summed E-state index contributed by atoms with van der Waals surface area (Å²) >= 11 is 0. The Morgan fingerprint density at radius 3 is 2.63 bits per heavy atom. The highest BCUT2D eigenvalue weighted by Gasteiger charge is 2.30. The van der Waals surface area contributed by atoms with E-state index in [-0.39, 0.29) is 29.6 Å². The van der Waals surface area contributed by atoms with Crippen molar-refractivity contribution in [3.05, 3.63) is 60.2 Å². The molecule has 2 aromatic heterocycles. The molecular formula is C29H34FN7O3S. The molecule has 0 bridgehead atoms. The van der Waals surface area contributed by atoms with Crippen LogP contribution < -0.4 is 10.6 Å². The van der Waals surface area contributed by atoms with Crippen molar-refractivity contribution in [2.75, 3.05) is 43.6 Å². The molecule has 41 heavy (non-hydrogen) atoms. The molecule has 216 valence electrons. The van der Waals surface area contributed by atoms with Crippen molar-refractivity contribution < 1.29 is 17.6 Å². The van der Waals surface area contributed by atoms with E-state index >= 15 is 0 Å². The van der Waals surface area contributed by atoms with Gasteiger partial charge < -0.3 is 20.5 Å². The average molecular weight is 580 g/mol. The number of amides is 1. The number of likely N-dealkylation sites (N-methyl/N-ethyl adjacent to an activating group) is 1. The van der Waals surface area contributed by atoms with Gasteiger partial charge in [0.25, 0.3) is 0 Å². The van der Waals surface area contributed by atoms with E-state index in [4.69, 9.17) is 0 Å². The monoisotopic (exact) mass is 579 g/mol. The molecule has 10 nitrogen and oxygen atoms in total. The van der Waals surface area contributed by atoms with E-state index in [1.54, 1.807) is 6.20 Å². The van der Waals surface area contributed by atoms with Gasteiger partial charge in [-0.2, -0.15) is 0 Å². The van der Waals surface area contributed by atoms with Crippen molar-refractivity contribution in [2.45, 2.75) is 37.8 Å². The Labute approximate surface area is 238 Å². The van der Waals surface area contributed by atoms with Crippen LogP contribution in [-0.2, 0) is 14.6 Å². The quantitative estimate of drug-likeness (QED) is 0.298. The molecule has 0 saturated carbocycles. The van der Waals surface area contributed by atoms with E-state index in [0.29, 0.717) is 11.4 Å². The minimum Gasteiger partial charge on any atom is -0.359 e. The molecule has 1 aliphatic rings. The van der Waals surface area contributed by atoms with Gasteiger partial charge in [-0.05, 0) is 51.6 Å². The third kappa shape index (κ3) is 5.81. The molecular weight excluding hydrogens is 545 g/mol. The number of nitrogens with zero attached hydrogens (tertiary/aromatic N) is 4. The van der Waals surface area contributed by atoms with E-state index in [2.05, 4.69) is 49.4 Å². The second-order valence-electron chi connectivity index (χ2n) is 10.7. The zero-order valence-corrected chi connectivity index (χ0v) is 24.5. The maximum Gasteiger partial charge on any atom is 0.241 e. The Kier molecular flexibility index (Phi) is 7.82. The van der Waals surface area contributed by atoms with Gasteiger partial charge in [0.1, 0.15) is 4.90 Å². The molecule has 1 fully saturated rings. The summed E-state index contributed by atoms with van der Waals surface area (Å²) in [6.07, 6.45) is 4.39. The maximum absolute atomic E-state index is 14.9. The van der Waals surface area contributed by atoms with Crippen LogP contribution in [0.1, 0.15) is 19.4 Å². The summed E-state index contributed by atoms with van der Waals surface area (Å²) < 4.78 is 38.8. The molecule has 1 aliphatic heterocycles. The Bertz CT molecular complexity index is 1720. The number of aromatic nitrogens is 3. The molecule has 2 atom stereocenters. The van der Waals surface area contributed by atoms with Gasteiger partial charge in [-0.25, -0.2) is 22.8 Å². The summed E-state index contributed by atoms with van der Waals surface area (Å²) in [5.74, 6) is -0.856. The fraction of sp³-hybridized carbons (Fsp3) is 0.345. The molecule has 0 unspecified atom stereocenters. The number of nitrogens with one attached hydrogen (secondary N) is 3. The van der Waals surface area contributed by atoms with Crippen LogP contribution in [0.15, 0.2) is 53.7 Å². The number of carbonyl (C=O) groups excluding carboxylic acids is 1. The van der Waals surface area contributed by atoms with Crippen molar-refractivity contribution in [3.8, 4) is 11.3 Å².